The highest BCUT2D eigenvalue weighted by atomic mass is 35.5. The van der Waals surface area contributed by atoms with Gasteiger partial charge in [0.15, 0.2) is 5.75 Å². The molecule has 0 saturated carbocycles. The Hall–Kier alpha value is -2.43. The van der Waals surface area contributed by atoms with Crippen LogP contribution >= 0.6 is 23.2 Å². The van der Waals surface area contributed by atoms with E-state index in [2.05, 4.69) is 5.32 Å². The van der Waals surface area contributed by atoms with Crippen molar-refractivity contribution in [3.8, 4) is 17.6 Å². The highest BCUT2D eigenvalue weighted by molar-refractivity contribution is 6.37. The fraction of sp³-hybridized carbons (Fsp3) is 0.125. The quantitative estimate of drug-likeness (QED) is 0.735. The summed E-state index contributed by atoms with van der Waals surface area (Å²) in [5.41, 5.74) is -0.553. The van der Waals surface area contributed by atoms with Gasteiger partial charge in [0, 0.05) is 5.69 Å². The molecule has 0 aliphatic carbocycles. The SMILES string of the molecule is N#CCC(=O)Nc1ccc(Oc2c(Cl)cc(C(F)(F)F)cc2Cl)cc1. The predicted octanol–water partition coefficient (Wildman–Crippen LogP) is 5.66. The molecule has 0 atom stereocenters. The molecule has 130 valence electrons. The van der Waals surface area contributed by atoms with Gasteiger partial charge in [-0.3, -0.25) is 4.79 Å². The molecule has 0 heterocycles. The second-order valence-corrected chi connectivity index (χ2v) is 5.59. The summed E-state index contributed by atoms with van der Waals surface area (Å²) in [7, 11) is 0. The molecule has 1 N–H and O–H groups in total. The van der Waals surface area contributed by atoms with Crippen molar-refractivity contribution < 1.29 is 22.7 Å². The van der Waals surface area contributed by atoms with Crippen molar-refractivity contribution in [2.75, 3.05) is 5.32 Å². The number of hydrogen-bond acceptors (Lipinski definition) is 3. The van der Waals surface area contributed by atoms with Crippen molar-refractivity contribution in [1.29, 1.82) is 5.26 Å². The monoisotopic (exact) mass is 388 g/mol. The number of nitriles is 1. The van der Waals surface area contributed by atoms with E-state index in [1.54, 1.807) is 6.07 Å². The van der Waals surface area contributed by atoms with Gasteiger partial charge in [0.1, 0.15) is 12.2 Å². The molecule has 2 aromatic carbocycles. The summed E-state index contributed by atoms with van der Waals surface area (Å²) >= 11 is 11.7. The zero-order chi connectivity index (χ0) is 18.6. The zero-order valence-electron chi connectivity index (χ0n) is 12.3. The zero-order valence-corrected chi connectivity index (χ0v) is 13.8. The van der Waals surface area contributed by atoms with E-state index in [0.717, 1.165) is 12.1 Å². The number of ether oxygens (including phenoxy) is 1. The Labute approximate surface area is 150 Å². The number of carbonyl (C=O) groups is 1. The van der Waals surface area contributed by atoms with Crippen molar-refractivity contribution in [3.05, 3.63) is 52.0 Å². The number of benzene rings is 2. The second-order valence-electron chi connectivity index (χ2n) is 4.78. The Morgan fingerprint density at radius 2 is 1.72 bits per heavy atom. The maximum Gasteiger partial charge on any atom is 0.416 e. The van der Waals surface area contributed by atoms with Crippen LogP contribution in [0.25, 0.3) is 0 Å². The van der Waals surface area contributed by atoms with E-state index in [-0.39, 0.29) is 28.0 Å². The van der Waals surface area contributed by atoms with Crippen LogP contribution in [0.2, 0.25) is 10.0 Å². The van der Waals surface area contributed by atoms with E-state index in [9.17, 15) is 18.0 Å². The van der Waals surface area contributed by atoms with E-state index < -0.39 is 17.6 Å². The minimum absolute atomic E-state index is 0.113. The summed E-state index contributed by atoms with van der Waals surface area (Å²) in [6.07, 6.45) is -4.86. The Morgan fingerprint density at radius 1 is 1.16 bits per heavy atom. The highest BCUT2D eigenvalue weighted by Crippen LogP contribution is 2.41. The van der Waals surface area contributed by atoms with Crippen molar-refractivity contribution in [3.63, 3.8) is 0 Å². The topological polar surface area (TPSA) is 62.1 Å². The maximum absolute atomic E-state index is 12.7. The summed E-state index contributed by atoms with van der Waals surface area (Å²) in [5, 5.41) is 10.3. The molecule has 0 aromatic heterocycles. The standard InChI is InChI=1S/C16H9Cl2F3N2O2/c17-12-7-9(16(19,20)21)8-13(18)15(12)25-11-3-1-10(2-4-11)23-14(24)5-6-22/h1-4,7-8H,5H2,(H,23,24). The van der Waals surface area contributed by atoms with E-state index in [1.807, 2.05) is 0 Å². The number of nitrogens with one attached hydrogen (secondary N) is 1. The number of hydrogen-bond donors (Lipinski definition) is 1. The second kappa shape index (κ2) is 7.64. The number of rotatable bonds is 4. The lowest BCUT2D eigenvalue weighted by Crippen LogP contribution is -2.09. The Balaban J connectivity index is 2.17. The van der Waals surface area contributed by atoms with Gasteiger partial charge in [-0.1, -0.05) is 23.2 Å². The number of halogens is 5. The van der Waals surface area contributed by atoms with E-state index in [4.69, 9.17) is 33.2 Å². The van der Waals surface area contributed by atoms with Gasteiger partial charge >= 0.3 is 6.18 Å². The van der Waals surface area contributed by atoms with Crippen molar-refractivity contribution in [2.24, 2.45) is 0 Å². The van der Waals surface area contributed by atoms with Gasteiger partial charge < -0.3 is 10.1 Å². The van der Waals surface area contributed by atoms with Gasteiger partial charge in [-0.25, -0.2) is 0 Å². The summed E-state index contributed by atoms with van der Waals surface area (Å²) in [6, 6.07) is 9.08. The molecule has 0 spiro atoms. The maximum atomic E-state index is 12.7. The largest absolute Gasteiger partial charge is 0.454 e. The third kappa shape index (κ3) is 5.02. The van der Waals surface area contributed by atoms with Crippen molar-refractivity contribution in [1.82, 2.24) is 0 Å². The fourth-order valence-electron chi connectivity index (χ4n) is 1.82. The minimum atomic E-state index is -4.57. The normalized spacial score (nSPS) is 10.9. The molecule has 2 aromatic rings. The highest BCUT2D eigenvalue weighted by Gasteiger charge is 2.32. The van der Waals surface area contributed by atoms with Crippen molar-refractivity contribution >= 4 is 34.8 Å². The fourth-order valence-corrected chi connectivity index (χ4v) is 2.39. The van der Waals surface area contributed by atoms with Gasteiger partial charge in [-0.2, -0.15) is 18.4 Å². The molecule has 0 unspecified atom stereocenters. The average Bonchev–Trinajstić information content (AvgIpc) is 2.51. The van der Waals surface area contributed by atoms with Gasteiger partial charge in [0.2, 0.25) is 5.91 Å². The third-order valence-electron chi connectivity index (χ3n) is 2.92. The van der Waals surface area contributed by atoms with E-state index in [0.29, 0.717) is 5.69 Å². The summed E-state index contributed by atoms with van der Waals surface area (Å²) in [4.78, 5) is 11.3. The van der Waals surface area contributed by atoms with Gasteiger partial charge in [-0.15, -0.1) is 0 Å². The predicted molar refractivity (Wildman–Crippen MR) is 86.8 cm³/mol. The lowest BCUT2D eigenvalue weighted by molar-refractivity contribution is -0.137. The molecule has 9 heteroatoms. The Bertz CT molecular complexity index is 808. The smallest absolute Gasteiger partial charge is 0.416 e. The van der Waals surface area contributed by atoms with Crippen LogP contribution in [0, 0.1) is 11.3 Å². The Kier molecular flexibility index (Phi) is 5.77. The number of amides is 1. The molecule has 0 radical (unpaired) electrons. The molecule has 0 fully saturated rings. The van der Waals surface area contributed by atoms with Gasteiger partial charge in [0.25, 0.3) is 0 Å². The molecule has 0 saturated heterocycles. The van der Waals surface area contributed by atoms with Crippen LogP contribution in [-0.4, -0.2) is 5.91 Å². The molecular formula is C16H9Cl2F3N2O2. The van der Waals surface area contributed by atoms with E-state index >= 15 is 0 Å². The van der Waals surface area contributed by atoms with Crippen LogP contribution in [0.15, 0.2) is 36.4 Å². The first-order valence-corrected chi connectivity index (χ1v) is 7.47. The molecule has 0 bridgehead atoms. The lowest BCUT2D eigenvalue weighted by atomic mass is 10.2. The Morgan fingerprint density at radius 3 is 2.20 bits per heavy atom. The van der Waals surface area contributed by atoms with Gasteiger partial charge in [-0.05, 0) is 36.4 Å². The van der Waals surface area contributed by atoms with E-state index in [1.165, 1.54) is 24.3 Å². The van der Waals surface area contributed by atoms with Crippen LogP contribution in [0.4, 0.5) is 18.9 Å². The first-order chi connectivity index (χ1) is 11.7. The molecule has 4 nitrogen and oxygen atoms in total. The van der Waals surface area contributed by atoms with Crippen LogP contribution in [0.5, 0.6) is 11.5 Å². The lowest BCUT2D eigenvalue weighted by Gasteiger charge is -2.13. The first-order valence-electron chi connectivity index (χ1n) is 6.71. The van der Waals surface area contributed by atoms with Crippen LogP contribution in [-0.2, 0) is 11.0 Å². The molecule has 1 amide bonds. The molecule has 25 heavy (non-hydrogen) atoms. The number of alkyl halides is 3. The molecule has 2 rings (SSSR count). The average molecular weight is 389 g/mol. The number of nitrogens with zero attached hydrogens (tertiary/aromatic N) is 1. The number of carbonyl (C=O) groups excluding carboxylic acids is 1. The third-order valence-corrected chi connectivity index (χ3v) is 3.48. The van der Waals surface area contributed by atoms with Crippen LogP contribution < -0.4 is 10.1 Å². The molecule has 0 aliphatic rings. The number of anilines is 1. The molecule has 0 aliphatic heterocycles. The first kappa shape index (κ1) is 18.9. The summed E-state index contributed by atoms with van der Waals surface area (Å²) in [5.74, 6) is -0.329. The minimum Gasteiger partial charge on any atom is -0.454 e. The van der Waals surface area contributed by atoms with Crippen LogP contribution in [0.3, 0.4) is 0 Å². The van der Waals surface area contributed by atoms with Crippen molar-refractivity contribution in [2.45, 2.75) is 12.6 Å². The summed E-state index contributed by atoms with van der Waals surface area (Å²) < 4.78 is 43.5. The molecular weight excluding hydrogens is 380 g/mol. The van der Waals surface area contributed by atoms with Crippen LogP contribution in [0.1, 0.15) is 12.0 Å². The van der Waals surface area contributed by atoms with Gasteiger partial charge in [0.05, 0.1) is 21.7 Å². The summed E-state index contributed by atoms with van der Waals surface area (Å²) in [6.45, 7) is 0.